The molecule has 149 valence electrons. The molecule has 12 nitrogen and oxygen atoms in total. The molecule has 0 spiro atoms. The average molecular weight is 429 g/mol. The summed E-state index contributed by atoms with van der Waals surface area (Å²) in [4.78, 5) is 45.0. The molecule has 0 bridgehead atoms. The van der Waals surface area contributed by atoms with Crippen molar-refractivity contribution in [3.05, 3.63) is 0 Å². The van der Waals surface area contributed by atoms with E-state index in [9.17, 15) is 0 Å². The number of hydrogen-bond donors (Lipinski definition) is 7. The third kappa shape index (κ3) is 9590. The van der Waals surface area contributed by atoms with Gasteiger partial charge in [0, 0.05) is 136 Å². The van der Waals surface area contributed by atoms with Gasteiger partial charge in [-0.1, -0.05) is 0 Å². The van der Waals surface area contributed by atoms with E-state index in [1.165, 1.54) is 0 Å². The van der Waals surface area contributed by atoms with Gasteiger partial charge in [0.05, 0.1) is 0 Å². The second-order valence-corrected chi connectivity index (χ2v) is 3.17. The fraction of sp³-hybridized carbons (Fsp3) is 0.583. The summed E-state index contributed by atoms with van der Waals surface area (Å²) in [6.45, 7) is 6.61. The molecule has 0 rings (SSSR count). The molecule has 0 heterocycles. The minimum atomic E-state index is -0.833. The third-order valence-corrected chi connectivity index (χ3v) is 0.167. The molecule has 0 fully saturated rings. The number of rotatable bonds is 1. The molecule has 0 atom stereocenters. The van der Waals surface area contributed by atoms with E-state index in [-0.39, 0.29) is 88.7 Å². The normalized spacial score (nSPS) is 5.74. The molecular weight excluding hydrogens is 401 g/mol. The Morgan fingerprint density at radius 3 is 0.519 bits per heavy atom. The van der Waals surface area contributed by atoms with Crippen LogP contribution in [0.3, 0.4) is 0 Å². The predicted octanol–water partition coefficient (Wildman–Crippen LogP) is -1.78. The molecule has 0 amide bonds. The van der Waals surface area contributed by atoms with E-state index in [4.69, 9.17) is 61.0 Å². The van der Waals surface area contributed by atoms with E-state index in [2.05, 4.69) is 0 Å². The molecule has 9 N–H and O–H groups in total. The summed E-state index contributed by atoms with van der Waals surface area (Å²) >= 11 is 0. The summed E-state index contributed by atoms with van der Waals surface area (Å²) in [5.74, 6) is -4.17. The van der Waals surface area contributed by atoms with Crippen LogP contribution in [0.4, 0.5) is 0 Å². The van der Waals surface area contributed by atoms with Crippen LogP contribution in [-0.4, -0.2) is 157 Å². The Labute approximate surface area is 224 Å². The van der Waals surface area contributed by atoms with Crippen molar-refractivity contribution < 1.29 is 49.5 Å². The molecule has 0 saturated heterocycles. The summed E-state index contributed by atoms with van der Waals surface area (Å²) in [6.07, 6.45) is 0. The monoisotopic (exact) mass is 429 g/mol. The smallest absolute Gasteiger partial charge is 0.300 e. The van der Waals surface area contributed by atoms with Crippen LogP contribution in [0.5, 0.6) is 0 Å². The van der Waals surface area contributed by atoms with Crippen LogP contribution >= 0.6 is 0 Å². The Bertz CT molecular complexity index is 254. The first-order chi connectivity index (χ1) is 10.6. The molecule has 0 saturated carbocycles. The number of hydrogen-bond acceptors (Lipinski definition) is 7. The topological polar surface area (TPSA) is 239 Å². The average Bonchev–Trinajstić information content (AvgIpc) is 2.24. The fourth-order valence-corrected chi connectivity index (χ4v) is 0. The molecule has 0 aliphatic rings. The maximum absolute atomic E-state index is 9.00. The van der Waals surface area contributed by atoms with Crippen molar-refractivity contribution in [3.63, 3.8) is 0 Å². The van der Waals surface area contributed by atoms with Gasteiger partial charge in [0.25, 0.3) is 29.8 Å². The molecule has 27 heavy (non-hydrogen) atoms. The first kappa shape index (κ1) is 56.4. The summed E-state index contributed by atoms with van der Waals surface area (Å²) in [6, 6.07) is 0. The summed E-state index contributed by atoms with van der Waals surface area (Å²) < 4.78 is 0. The van der Waals surface area contributed by atoms with E-state index in [0.717, 1.165) is 34.6 Å². The third-order valence-electron chi connectivity index (χ3n) is 0.167. The van der Waals surface area contributed by atoms with Crippen LogP contribution in [0.15, 0.2) is 0 Å². The van der Waals surface area contributed by atoms with E-state index in [0.29, 0.717) is 13.1 Å². The van der Waals surface area contributed by atoms with Crippen molar-refractivity contribution in [2.24, 2.45) is 11.5 Å². The second kappa shape index (κ2) is 56.2. The van der Waals surface area contributed by atoms with Gasteiger partial charge in [-0.2, -0.15) is 0 Å². The minimum absolute atomic E-state index is 0. The summed E-state index contributed by atoms with van der Waals surface area (Å²) in [5.41, 5.74) is 9.81. The Morgan fingerprint density at radius 2 is 0.519 bits per heavy atom. The van der Waals surface area contributed by atoms with E-state index in [1.807, 2.05) is 0 Å². The van der Waals surface area contributed by atoms with Crippen molar-refractivity contribution >= 4 is 119 Å². The zero-order valence-electron chi connectivity index (χ0n) is 17.3. The molecule has 3 radical (unpaired) electrons. The van der Waals surface area contributed by atoms with E-state index >= 15 is 0 Å². The Morgan fingerprint density at radius 1 is 0.481 bits per heavy atom. The fourth-order valence-electron chi connectivity index (χ4n) is 0. The van der Waals surface area contributed by atoms with Gasteiger partial charge in [0.15, 0.2) is 0 Å². The zero-order valence-corrected chi connectivity index (χ0v) is 23.3. The maximum Gasteiger partial charge on any atom is 0.300 e. The predicted molar refractivity (Wildman–Crippen MR) is 102 cm³/mol. The van der Waals surface area contributed by atoms with Crippen LogP contribution < -0.4 is 11.5 Å². The Hall–Kier alpha value is 0.270. The SMILES string of the molecule is CC(=O)O.CC(=O)O.CC(=O)O.CC(=O)O.CC(=O)O.NCCN.[Na].[Na].[Na]. The zero-order chi connectivity index (χ0) is 21.3. The van der Waals surface area contributed by atoms with Crippen LogP contribution in [0.1, 0.15) is 34.6 Å². The van der Waals surface area contributed by atoms with E-state index in [1.54, 1.807) is 0 Å². The van der Waals surface area contributed by atoms with Crippen molar-refractivity contribution in [1.29, 1.82) is 0 Å². The number of carboxylic acids is 5. The molecular formula is C12H28N2Na3O10. The number of carbonyl (C=O) groups is 5. The quantitative estimate of drug-likeness (QED) is 0.229. The van der Waals surface area contributed by atoms with Gasteiger partial charge in [0.1, 0.15) is 0 Å². The Kier molecular flexibility index (Phi) is 117. The molecule has 0 aromatic rings. The molecule has 15 heteroatoms. The second-order valence-electron chi connectivity index (χ2n) is 3.17. The van der Waals surface area contributed by atoms with Crippen molar-refractivity contribution in [1.82, 2.24) is 0 Å². The standard InChI is InChI=1S/C2H8N2.5C2H4O2.3Na/c3-1-2-4;5*1-2(3)4;;;/h1-4H2;5*1H3,(H,3,4);;;. The molecule has 0 aliphatic heterocycles. The minimum Gasteiger partial charge on any atom is -0.481 e. The number of carboxylic acid groups (broad SMARTS) is 5. The molecule has 0 aromatic heterocycles. The van der Waals surface area contributed by atoms with Gasteiger partial charge in [0.2, 0.25) is 0 Å². The van der Waals surface area contributed by atoms with Crippen molar-refractivity contribution in [2.45, 2.75) is 34.6 Å². The van der Waals surface area contributed by atoms with Crippen molar-refractivity contribution in [3.8, 4) is 0 Å². The summed E-state index contributed by atoms with van der Waals surface area (Å²) in [7, 11) is 0. The van der Waals surface area contributed by atoms with Crippen LogP contribution in [0, 0.1) is 0 Å². The van der Waals surface area contributed by atoms with Crippen molar-refractivity contribution in [2.75, 3.05) is 13.1 Å². The van der Waals surface area contributed by atoms with Gasteiger partial charge < -0.3 is 37.0 Å². The van der Waals surface area contributed by atoms with Crippen LogP contribution in [0.2, 0.25) is 0 Å². The van der Waals surface area contributed by atoms with Gasteiger partial charge >= 0.3 is 0 Å². The van der Waals surface area contributed by atoms with Gasteiger partial charge in [-0.15, -0.1) is 0 Å². The first-order valence-electron chi connectivity index (χ1n) is 5.96. The summed E-state index contributed by atoms with van der Waals surface area (Å²) in [5, 5.41) is 37.1. The van der Waals surface area contributed by atoms with Gasteiger partial charge in [-0.25, -0.2) is 0 Å². The first-order valence-corrected chi connectivity index (χ1v) is 5.96. The molecule has 0 aliphatic carbocycles. The number of nitrogens with two attached hydrogens (primary N) is 2. The van der Waals surface area contributed by atoms with Gasteiger partial charge in [-0.05, 0) is 0 Å². The van der Waals surface area contributed by atoms with Gasteiger partial charge in [-0.3, -0.25) is 24.0 Å². The van der Waals surface area contributed by atoms with E-state index < -0.39 is 29.8 Å². The molecule has 0 unspecified atom stereocenters. The van der Waals surface area contributed by atoms with Crippen LogP contribution in [-0.2, 0) is 24.0 Å². The maximum atomic E-state index is 9.00. The largest absolute Gasteiger partial charge is 0.481 e. The van der Waals surface area contributed by atoms with Crippen LogP contribution in [0.25, 0.3) is 0 Å². The Balaban J connectivity index is -0.0000000201. The molecule has 0 aromatic carbocycles. The number of aliphatic carboxylic acids is 5.